The SMILES string of the molecule is C=CC1CC1N(C(=O)OCC)C(=O)C1CC(Oc2cc(-c3ccccc3)nc3cc(OC)ccc23)CN1C(=O)O. The third-order valence-corrected chi connectivity index (χ3v) is 7.28. The maximum Gasteiger partial charge on any atom is 0.416 e. The fourth-order valence-electron chi connectivity index (χ4n) is 5.16. The summed E-state index contributed by atoms with van der Waals surface area (Å²) in [5.41, 5.74) is 2.21. The van der Waals surface area contributed by atoms with Gasteiger partial charge in [-0.3, -0.25) is 9.69 Å². The number of hydrogen-bond donors (Lipinski definition) is 1. The molecule has 0 bridgehead atoms. The number of fused-ring (bicyclic) bond motifs is 1. The molecule has 2 fully saturated rings. The highest BCUT2D eigenvalue weighted by atomic mass is 16.6. The van der Waals surface area contributed by atoms with Crippen molar-refractivity contribution in [1.82, 2.24) is 14.8 Å². The normalized spacial score (nSPS) is 21.5. The highest BCUT2D eigenvalue weighted by Crippen LogP contribution is 2.39. The molecule has 5 rings (SSSR count). The lowest BCUT2D eigenvalue weighted by atomic mass is 10.1. The first kappa shape index (κ1) is 27.0. The molecule has 1 aliphatic carbocycles. The number of carboxylic acid groups (broad SMARTS) is 1. The molecule has 2 heterocycles. The highest BCUT2D eigenvalue weighted by molar-refractivity contribution is 5.97. The van der Waals surface area contributed by atoms with Gasteiger partial charge in [-0.2, -0.15) is 0 Å². The van der Waals surface area contributed by atoms with Crippen LogP contribution in [0.2, 0.25) is 0 Å². The van der Waals surface area contributed by atoms with Gasteiger partial charge in [0.2, 0.25) is 0 Å². The molecule has 3 aromatic rings. The van der Waals surface area contributed by atoms with Gasteiger partial charge in [0.15, 0.2) is 0 Å². The molecule has 2 aromatic carbocycles. The lowest BCUT2D eigenvalue weighted by molar-refractivity contribution is -0.134. The quantitative estimate of drug-likeness (QED) is 0.394. The average Bonchev–Trinajstić information content (AvgIpc) is 3.60. The maximum atomic E-state index is 13.6. The van der Waals surface area contributed by atoms with Gasteiger partial charge in [0.25, 0.3) is 5.91 Å². The van der Waals surface area contributed by atoms with Crippen LogP contribution in [0.4, 0.5) is 9.59 Å². The molecule has 0 spiro atoms. The summed E-state index contributed by atoms with van der Waals surface area (Å²) in [5.74, 6) is 0.482. The Kier molecular flexibility index (Phi) is 7.59. The zero-order chi connectivity index (χ0) is 28.4. The maximum absolute atomic E-state index is 13.6. The fraction of sp³-hybridized carbons (Fsp3) is 0.333. The number of nitrogens with zero attached hydrogens (tertiary/aromatic N) is 3. The summed E-state index contributed by atoms with van der Waals surface area (Å²) in [6.07, 6.45) is -0.347. The molecular formula is C30H31N3O7. The van der Waals surface area contributed by atoms with Gasteiger partial charge in [0.1, 0.15) is 23.6 Å². The van der Waals surface area contributed by atoms with Gasteiger partial charge in [-0.1, -0.05) is 36.4 Å². The second kappa shape index (κ2) is 11.3. The van der Waals surface area contributed by atoms with E-state index in [4.69, 9.17) is 19.2 Å². The molecule has 10 nitrogen and oxygen atoms in total. The largest absolute Gasteiger partial charge is 0.497 e. The number of aromatic nitrogens is 1. The van der Waals surface area contributed by atoms with E-state index in [-0.39, 0.29) is 25.5 Å². The minimum absolute atomic E-state index is 0.0431. The Balaban J connectivity index is 1.46. The first-order valence-electron chi connectivity index (χ1n) is 13.2. The molecule has 208 valence electrons. The van der Waals surface area contributed by atoms with E-state index in [2.05, 4.69) is 6.58 Å². The topological polar surface area (TPSA) is 119 Å². The van der Waals surface area contributed by atoms with Crippen molar-refractivity contribution in [3.8, 4) is 22.8 Å². The van der Waals surface area contributed by atoms with Crippen LogP contribution >= 0.6 is 0 Å². The molecule has 0 radical (unpaired) electrons. The summed E-state index contributed by atoms with van der Waals surface area (Å²) in [6.45, 7) is 5.46. The Hall–Kier alpha value is -4.60. The summed E-state index contributed by atoms with van der Waals surface area (Å²) in [5, 5.41) is 10.7. The van der Waals surface area contributed by atoms with E-state index in [1.54, 1.807) is 26.2 Å². The van der Waals surface area contributed by atoms with Crippen molar-refractivity contribution in [3.05, 3.63) is 67.3 Å². The number of pyridine rings is 1. The van der Waals surface area contributed by atoms with Crippen LogP contribution in [0, 0.1) is 5.92 Å². The van der Waals surface area contributed by atoms with Crippen LogP contribution in [0.25, 0.3) is 22.2 Å². The van der Waals surface area contributed by atoms with E-state index in [0.717, 1.165) is 20.7 Å². The minimum atomic E-state index is -1.27. The molecule has 1 saturated heterocycles. The second-order valence-corrected chi connectivity index (χ2v) is 9.79. The van der Waals surface area contributed by atoms with E-state index in [1.807, 2.05) is 48.5 Å². The fourth-order valence-corrected chi connectivity index (χ4v) is 5.16. The van der Waals surface area contributed by atoms with E-state index in [0.29, 0.717) is 29.1 Å². The Morgan fingerprint density at radius 1 is 1.15 bits per heavy atom. The summed E-state index contributed by atoms with van der Waals surface area (Å²) in [4.78, 5) is 45.5. The molecule has 4 atom stereocenters. The van der Waals surface area contributed by atoms with Crippen molar-refractivity contribution < 1.29 is 33.7 Å². The number of hydrogen-bond acceptors (Lipinski definition) is 7. The molecule has 4 unspecified atom stereocenters. The predicted molar refractivity (Wildman–Crippen MR) is 147 cm³/mol. The Labute approximate surface area is 231 Å². The van der Waals surface area contributed by atoms with Crippen molar-refractivity contribution in [2.75, 3.05) is 20.3 Å². The standard InChI is InChI=1S/C30H31N3O7/c1-4-18-13-25(18)33(30(37)39-5-2)28(34)26-15-21(17-32(26)29(35)36)40-27-16-23(19-9-7-6-8-10-19)31-24-14-20(38-3)11-12-22(24)27/h4,6-12,14,16,18,21,25-26H,1,5,13,15,17H2,2-3H3,(H,35,36). The van der Waals surface area contributed by atoms with Crippen LogP contribution in [0.15, 0.2) is 67.3 Å². The van der Waals surface area contributed by atoms with Gasteiger partial charge in [-0.15, -0.1) is 6.58 Å². The number of rotatable bonds is 8. The third kappa shape index (κ3) is 5.29. The first-order valence-corrected chi connectivity index (χ1v) is 13.2. The van der Waals surface area contributed by atoms with Gasteiger partial charge in [0.05, 0.1) is 37.5 Å². The average molecular weight is 546 g/mol. The number of imide groups is 1. The van der Waals surface area contributed by atoms with Crippen LogP contribution in [0.1, 0.15) is 19.8 Å². The van der Waals surface area contributed by atoms with E-state index < -0.39 is 36.3 Å². The van der Waals surface area contributed by atoms with Crippen LogP contribution in [0.5, 0.6) is 11.5 Å². The minimum Gasteiger partial charge on any atom is -0.497 e. The number of methoxy groups -OCH3 is 1. The number of carbonyl (C=O) groups excluding carboxylic acids is 2. The second-order valence-electron chi connectivity index (χ2n) is 9.79. The lowest BCUT2D eigenvalue weighted by Gasteiger charge is -2.27. The third-order valence-electron chi connectivity index (χ3n) is 7.28. The van der Waals surface area contributed by atoms with Gasteiger partial charge < -0.3 is 19.3 Å². The molecule has 1 saturated carbocycles. The summed E-state index contributed by atoms with van der Waals surface area (Å²) in [6, 6.07) is 15.4. The Morgan fingerprint density at radius 3 is 2.58 bits per heavy atom. The molecular weight excluding hydrogens is 514 g/mol. The van der Waals surface area contributed by atoms with Crippen LogP contribution in [-0.2, 0) is 9.53 Å². The Bertz CT molecular complexity index is 1440. The predicted octanol–water partition coefficient (Wildman–Crippen LogP) is 4.97. The van der Waals surface area contributed by atoms with E-state index in [1.165, 1.54) is 0 Å². The van der Waals surface area contributed by atoms with Gasteiger partial charge in [0, 0.05) is 29.5 Å². The summed E-state index contributed by atoms with van der Waals surface area (Å²) >= 11 is 0. The first-order chi connectivity index (χ1) is 19.3. The monoisotopic (exact) mass is 545 g/mol. The number of benzene rings is 2. The van der Waals surface area contributed by atoms with Gasteiger partial charge >= 0.3 is 12.2 Å². The van der Waals surface area contributed by atoms with Crippen molar-refractivity contribution in [2.45, 2.75) is 38.0 Å². The zero-order valence-electron chi connectivity index (χ0n) is 22.4. The molecule has 40 heavy (non-hydrogen) atoms. The molecule has 3 amide bonds. The van der Waals surface area contributed by atoms with E-state index >= 15 is 0 Å². The van der Waals surface area contributed by atoms with Crippen LogP contribution < -0.4 is 9.47 Å². The Morgan fingerprint density at radius 2 is 1.93 bits per heavy atom. The molecule has 1 aliphatic heterocycles. The van der Waals surface area contributed by atoms with Crippen molar-refractivity contribution in [1.29, 1.82) is 0 Å². The molecule has 1 N–H and O–H groups in total. The van der Waals surface area contributed by atoms with E-state index in [9.17, 15) is 19.5 Å². The van der Waals surface area contributed by atoms with Crippen molar-refractivity contribution in [2.24, 2.45) is 5.92 Å². The lowest BCUT2D eigenvalue weighted by Crippen LogP contribution is -2.50. The molecule has 2 aliphatic rings. The van der Waals surface area contributed by atoms with Gasteiger partial charge in [-0.25, -0.2) is 19.5 Å². The van der Waals surface area contributed by atoms with Crippen LogP contribution in [-0.4, -0.2) is 76.4 Å². The summed E-state index contributed by atoms with van der Waals surface area (Å²) in [7, 11) is 1.58. The molecule has 10 heteroatoms. The number of carbonyl (C=O) groups is 3. The van der Waals surface area contributed by atoms with Gasteiger partial charge in [-0.05, 0) is 31.4 Å². The number of amides is 3. The van der Waals surface area contributed by atoms with Crippen molar-refractivity contribution >= 4 is 29.0 Å². The zero-order valence-corrected chi connectivity index (χ0v) is 22.4. The summed E-state index contributed by atoms with van der Waals surface area (Å²) < 4.78 is 16.9. The molecule has 1 aromatic heterocycles. The number of likely N-dealkylation sites (tertiary alicyclic amines) is 1. The van der Waals surface area contributed by atoms with Crippen LogP contribution in [0.3, 0.4) is 0 Å². The van der Waals surface area contributed by atoms with Crippen molar-refractivity contribution in [3.63, 3.8) is 0 Å². The highest BCUT2D eigenvalue weighted by Gasteiger charge is 2.51. The smallest absolute Gasteiger partial charge is 0.416 e. The number of ether oxygens (including phenoxy) is 3.